The summed E-state index contributed by atoms with van der Waals surface area (Å²) >= 11 is 0. The Bertz CT molecular complexity index is 1030. The Morgan fingerprint density at radius 3 is 2.81 bits per heavy atom. The van der Waals surface area contributed by atoms with Crippen molar-refractivity contribution in [1.29, 1.82) is 0 Å². The number of rotatable bonds is 7. The first-order valence-corrected chi connectivity index (χ1v) is 10.8. The molecule has 0 aliphatic carbocycles. The summed E-state index contributed by atoms with van der Waals surface area (Å²) in [5.41, 5.74) is 7.64. The molecule has 2 fully saturated rings. The van der Waals surface area contributed by atoms with Crippen LogP contribution >= 0.6 is 0 Å². The number of hydrogen-bond donors (Lipinski definition) is 1. The lowest BCUT2D eigenvalue weighted by Crippen LogP contribution is -2.36. The predicted molar refractivity (Wildman–Crippen MR) is 113 cm³/mol. The second-order valence-corrected chi connectivity index (χ2v) is 7.98. The number of halogens is 1. The Morgan fingerprint density at radius 2 is 2.00 bits per heavy atom. The third-order valence-corrected chi connectivity index (χ3v) is 5.80. The summed E-state index contributed by atoms with van der Waals surface area (Å²) in [4.78, 5) is 12.4. The van der Waals surface area contributed by atoms with Crippen LogP contribution in [-0.4, -0.2) is 57.4 Å². The van der Waals surface area contributed by atoms with E-state index in [0.717, 1.165) is 24.8 Å². The van der Waals surface area contributed by atoms with Gasteiger partial charge in [0.15, 0.2) is 30.2 Å². The van der Waals surface area contributed by atoms with Gasteiger partial charge < -0.3 is 24.7 Å². The highest BCUT2D eigenvalue weighted by Crippen LogP contribution is 2.36. The third-order valence-electron chi connectivity index (χ3n) is 5.80. The molecule has 4 heterocycles. The topological polar surface area (TPSA) is 107 Å². The van der Waals surface area contributed by atoms with E-state index in [0.29, 0.717) is 17.8 Å². The first-order chi connectivity index (χ1) is 15.7. The number of fused-ring (bicyclic) bond motifs is 1. The van der Waals surface area contributed by atoms with E-state index in [-0.39, 0.29) is 25.3 Å². The molecular weight excluding hydrogens is 417 g/mol. The summed E-state index contributed by atoms with van der Waals surface area (Å²) in [5.74, 6) is 0.230. The maximum Gasteiger partial charge on any atom is 0.174 e. The van der Waals surface area contributed by atoms with Crippen LogP contribution in [0.4, 0.5) is 10.2 Å². The quantitative estimate of drug-likeness (QED) is 0.594. The lowest BCUT2D eigenvalue weighted by atomic mass is 10.1. The van der Waals surface area contributed by atoms with Gasteiger partial charge >= 0.3 is 0 Å². The number of nitrogens with zero attached hydrogens (tertiary/aromatic N) is 4. The molecule has 0 spiro atoms. The Hall–Kier alpha value is -2.66. The van der Waals surface area contributed by atoms with E-state index < -0.39 is 24.6 Å². The van der Waals surface area contributed by atoms with Crippen LogP contribution < -0.4 is 5.73 Å². The molecule has 1 aromatic carbocycles. The molecule has 0 bridgehead atoms. The minimum atomic E-state index is -1.46. The average Bonchev–Trinajstić information content (AvgIpc) is 3.39. The molecule has 5 rings (SSSR count). The Balaban J connectivity index is 1.35. The van der Waals surface area contributed by atoms with Crippen molar-refractivity contribution in [1.82, 2.24) is 19.5 Å². The van der Waals surface area contributed by atoms with Crippen molar-refractivity contribution in [2.45, 2.75) is 56.8 Å². The van der Waals surface area contributed by atoms with Crippen molar-refractivity contribution >= 4 is 17.0 Å². The molecule has 0 saturated carbocycles. The van der Waals surface area contributed by atoms with Gasteiger partial charge in [-0.3, -0.25) is 4.57 Å². The molecular formula is C22H26FN5O4. The zero-order valence-electron chi connectivity index (χ0n) is 17.5. The number of anilines is 1. The molecule has 10 heteroatoms. The van der Waals surface area contributed by atoms with Crippen molar-refractivity contribution in [3.63, 3.8) is 0 Å². The summed E-state index contributed by atoms with van der Waals surface area (Å²) in [7, 11) is 0. The van der Waals surface area contributed by atoms with Gasteiger partial charge in [0.1, 0.15) is 24.1 Å². The molecule has 1 unspecified atom stereocenters. The van der Waals surface area contributed by atoms with Gasteiger partial charge in [-0.05, 0) is 24.8 Å². The molecule has 2 N–H and O–H groups in total. The maximum absolute atomic E-state index is 15.7. The molecule has 2 aliphatic rings. The standard InChI is InChI=1S/C22H26FN5O4/c23-17-19(31-10-14-6-2-1-3-7-14)15(11-30-16-8-4-5-9-29-16)32-22(17)28-13-27-18-20(24)25-12-26-21(18)28/h1-3,6-7,12-13,15-17,19,22H,4-5,8-11H2,(H2,24,25,26)/t15-,16?,17-,19-,22-/m1/s1. The van der Waals surface area contributed by atoms with E-state index in [9.17, 15) is 0 Å². The van der Waals surface area contributed by atoms with Gasteiger partial charge in [-0.25, -0.2) is 19.3 Å². The molecule has 9 nitrogen and oxygen atoms in total. The monoisotopic (exact) mass is 443 g/mol. The molecule has 3 aromatic rings. The Morgan fingerprint density at radius 1 is 1.12 bits per heavy atom. The molecule has 2 aromatic heterocycles. The highest BCUT2D eigenvalue weighted by Gasteiger charge is 2.48. The number of nitrogens with two attached hydrogens (primary N) is 1. The van der Waals surface area contributed by atoms with Gasteiger partial charge in [0, 0.05) is 6.61 Å². The zero-order chi connectivity index (χ0) is 21.9. The zero-order valence-corrected chi connectivity index (χ0v) is 17.5. The van der Waals surface area contributed by atoms with Crippen LogP contribution in [0.2, 0.25) is 0 Å². The van der Waals surface area contributed by atoms with E-state index in [2.05, 4.69) is 15.0 Å². The Labute approximate surface area is 184 Å². The van der Waals surface area contributed by atoms with E-state index in [1.165, 1.54) is 17.2 Å². The number of aromatic nitrogens is 4. The SMILES string of the molecule is Nc1ncnc2c1ncn2[C@@H]1O[C@H](COC2CCCCO2)[C@@H](OCc2ccccc2)[C@H]1F. The van der Waals surface area contributed by atoms with Crippen LogP contribution in [-0.2, 0) is 25.6 Å². The number of ether oxygens (including phenoxy) is 4. The number of nitrogen functional groups attached to an aromatic ring is 1. The number of benzene rings is 1. The van der Waals surface area contributed by atoms with Gasteiger partial charge in [-0.15, -0.1) is 0 Å². The molecule has 32 heavy (non-hydrogen) atoms. The maximum atomic E-state index is 15.7. The van der Waals surface area contributed by atoms with Crippen molar-refractivity contribution in [3.05, 3.63) is 48.5 Å². The normalized spacial score (nSPS) is 28.3. The average molecular weight is 443 g/mol. The summed E-state index contributed by atoms with van der Waals surface area (Å²) < 4.78 is 40.9. The lowest BCUT2D eigenvalue weighted by molar-refractivity contribution is -0.188. The van der Waals surface area contributed by atoms with Gasteiger partial charge in [-0.2, -0.15) is 0 Å². The first-order valence-electron chi connectivity index (χ1n) is 10.8. The van der Waals surface area contributed by atoms with E-state index in [1.807, 2.05) is 30.3 Å². The fraction of sp³-hybridized carbons (Fsp3) is 0.500. The number of hydrogen-bond acceptors (Lipinski definition) is 8. The van der Waals surface area contributed by atoms with E-state index >= 15 is 4.39 Å². The minimum absolute atomic E-state index is 0.158. The van der Waals surface area contributed by atoms with Crippen molar-refractivity contribution < 1.29 is 23.3 Å². The molecule has 2 saturated heterocycles. The van der Waals surface area contributed by atoms with Crippen molar-refractivity contribution in [2.75, 3.05) is 18.9 Å². The summed E-state index contributed by atoms with van der Waals surface area (Å²) in [6, 6.07) is 9.63. The van der Waals surface area contributed by atoms with Gasteiger partial charge in [0.25, 0.3) is 0 Å². The molecule has 0 amide bonds. The molecule has 2 aliphatic heterocycles. The van der Waals surface area contributed by atoms with Crippen LogP contribution in [0.3, 0.4) is 0 Å². The highest BCUT2D eigenvalue weighted by atomic mass is 19.1. The van der Waals surface area contributed by atoms with Crippen LogP contribution in [0.15, 0.2) is 43.0 Å². The minimum Gasteiger partial charge on any atom is -0.382 e. The largest absolute Gasteiger partial charge is 0.382 e. The van der Waals surface area contributed by atoms with Crippen molar-refractivity contribution in [3.8, 4) is 0 Å². The molecule has 170 valence electrons. The fourth-order valence-corrected chi connectivity index (χ4v) is 4.12. The predicted octanol–water partition coefficient (Wildman–Crippen LogP) is 2.77. The van der Waals surface area contributed by atoms with Crippen LogP contribution in [0, 0.1) is 0 Å². The number of imidazole rings is 1. The first kappa shape index (κ1) is 21.2. The van der Waals surface area contributed by atoms with Gasteiger partial charge in [-0.1, -0.05) is 30.3 Å². The third kappa shape index (κ3) is 4.31. The summed E-state index contributed by atoms with van der Waals surface area (Å²) in [5, 5.41) is 0. The van der Waals surface area contributed by atoms with E-state index in [1.54, 1.807) is 0 Å². The van der Waals surface area contributed by atoms with Crippen molar-refractivity contribution in [2.24, 2.45) is 0 Å². The summed E-state index contributed by atoms with van der Waals surface area (Å²) in [6.07, 6.45) is 1.46. The summed E-state index contributed by atoms with van der Waals surface area (Å²) in [6.45, 7) is 1.09. The molecule has 5 atom stereocenters. The second-order valence-electron chi connectivity index (χ2n) is 7.98. The number of alkyl halides is 1. The second kappa shape index (κ2) is 9.45. The Kier molecular flexibility index (Phi) is 6.26. The lowest BCUT2D eigenvalue weighted by Gasteiger charge is -2.26. The van der Waals surface area contributed by atoms with Crippen LogP contribution in [0.1, 0.15) is 31.1 Å². The van der Waals surface area contributed by atoms with Crippen LogP contribution in [0.25, 0.3) is 11.2 Å². The smallest absolute Gasteiger partial charge is 0.174 e. The fourth-order valence-electron chi connectivity index (χ4n) is 4.12. The van der Waals surface area contributed by atoms with E-state index in [4.69, 9.17) is 24.7 Å². The highest BCUT2D eigenvalue weighted by molar-refractivity contribution is 5.81. The van der Waals surface area contributed by atoms with Gasteiger partial charge in [0.2, 0.25) is 0 Å². The van der Waals surface area contributed by atoms with Gasteiger partial charge in [0.05, 0.1) is 19.5 Å². The van der Waals surface area contributed by atoms with Crippen LogP contribution in [0.5, 0.6) is 0 Å². The molecule has 0 radical (unpaired) electrons.